The van der Waals surface area contributed by atoms with Crippen LogP contribution < -0.4 is 0 Å². The monoisotopic (exact) mass is 334 g/mol. The fraction of sp³-hybridized carbons (Fsp3) is 0.227. The number of carboxylic acids is 1. The van der Waals surface area contributed by atoms with Gasteiger partial charge in [-0.2, -0.15) is 0 Å². The molecule has 0 fully saturated rings. The quantitative estimate of drug-likeness (QED) is 0.793. The van der Waals surface area contributed by atoms with E-state index >= 15 is 0 Å². The molecule has 0 saturated heterocycles. The minimum Gasteiger partial charge on any atom is -0.508 e. The highest BCUT2D eigenvalue weighted by molar-refractivity contribution is 5.80. The summed E-state index contributed by atoms with van der Waals surface area (Å²) in [4.78, 5) is 12.0. The number of phenols is 1. The average molecular weight is 334 g/mol. The molecule has 0 bridgehead atoms. The van der Waals surface area contributed by atoms with Gasteiger partial charge in [-0.25, -0.2) is 0 Å². The predicted molar refractivity (Wildman–Crippen MR) is 98.7 cm³/mol. The Morgan fingerprint density at radius 1 is 0.960 bits per heavy atom. The SMILES string of the molecule is CCc1ccc(CC2(C(=O)O)C=CC(c3ccc(O)cc3)C=C2)cc1. The van der Waals surface area contributed by atoms with Gasteiger partial charge >= 0.3 is 5.97 Å². The zero-order valence-electron chi connectivity index (χ0n) is 14.2. The lowest BCUT2D eigenvalue weighted by Crippen LogP contribution is -2.31. The summed E-state index contributed by atoms with van der Waals surface area (Å²) >= 11 is 0. The standard InChI is InChI=1S/C22H22O3/c1-2-16-3-5-17(6-4-16)15-22(21(24)25)13-11-19(12-14-22)18-7-9-20(23)10-8-18/h3-14,19,23H,2,15H2,1H3,(H,24,25). The summed E-state index contributed by atoms with van der Waals surface area (Å²) < 4.78 is 0. The molecule has 0 radical (unpaired) electrons. The van der Waals surface area contributed by atoms with Crippen LogP contribution in [-0.4, -0.2) is 16.2 Å². The van der Waals surface area contributed by atoms with Gasteiger partial charge in [-0.05, 0) is 41.7 Å². The maximum absolute atomic E-state index is 12.0. The molecule has 0 aromatic heterocycles. The van der Waals surface area contributed by atoms with Crippen molar-refractivity contribution in [2.24, 2.45) is 5.41 Å². The fourth-order valence-electron chi connectivity index (χ4n) is 3.16. The molecule has 0 heterocycles. The molecule has 25 heavy (non-hydrogen) atoms. The molecule has 3 rings (SSSR count). The molecule has 3 heteroatoms. The van der Waals surface area contributed by atoms with E-state index in [4.69, 9.17) is 0 Å². The van der Waals surface area contributed by atoms with Crippen molar-refractivity contribution in [3.05, 3.63) is 89.5 Å². The van der Waals surface area contributed by atoms with E-state index in [9.17, 15) is 15.0 Å². The molecule has 128 valence electrons. The number of phenolic OH excluding ortho intramolecular Hbond substituents is 1. The molecule has 0 saturated carbocycles. The van der Waals surface area contributed by atoms with E-state index in [-0.39, 0.29) is 11.7 Å². The van der Waals surface area contributed by atoms with Gasteiger partial charge in [0.15, 0.2) is 0 Å². The van der Waals surface area contributed by atoms with Gasteiger partial charge < -0.3 is 10.2 Å². The Hall–Kier alpha value is -2.81. The maximum Gasteiger partial charge on any atom is 0.317 e. The number of hydrogen-bond donors (Lipinski definition) is 2. The third kappa shape index (κ3) is 3.66. The van der Waals surface area contributed by atoms with Crippen molar-refractivity contribution >= 4 is 5.97 Å². The number of rotatable bonds is 5. The number of aryl methyl sites for hydroxylation is 1. The van der Waals surface area contributed by atoms with Gasteiger partial charge in [0.05, 0.1) is 0 Å². The van der Waals surface area contributed by atoms with E-state index in [1.54, 1.807) is 24.3 Å². The smallest absolute Gasteiger partial charge is 0.317 e. The lowest BCUT2D eigenvalue weighted by Gasteiger charge is -2.27. The molecular formula is C22H22O3. The third-order valence-corrected chi connectivity index (χ3v) is 4.81. The van der Waals surface area contributed by atoms with Gasteiger partial charge in [-0.3, -0.25) is 4.79 Å². The second-order valence-electron chi connectivity index (χ2n) is 6.53. The highest BCUT2D eigenvalue weighted by atomic mass is 16.4. The lowest BCUT2D eigenvalue weighted by molar-refractivity contribution is -0.143. The Morgan fingerprint density at radius 2 is 1.52 bits per heavy atom. The van der Waals surface area contributed by atoms with Gasteiger partial charge in [0.25, 0.3) is 0 Å². The van der Waals surface area contributed by atoms with Crippen molar-refractivity contribution in [1.82, 2.24) is 0 Å². The predicted octanol–water partition coefficient (Wildman–Crippen LogP) is 4.48. The first-order chi connectivity index (χ1) is 12.0. The van der Waals surface area contributed by atoms with E-state index in [0.717, 1.165) is 17.5 Å². The van der Waals surface area contributed by atoms with Gasteiger partial charge in [0.2, 0.25) is 0 Å². The summed E-state index contributed by atoms with van der Waals surface area (Å²) in [5.74, 6) is -0.595. The van der Waals surface area contributed by atoms with Crippen molar-refractivity contribution in [3.8, 4) is 5.75 Å². The third-order valence-electron chi connectivity index (χ3n) is 4.81. The summed E-state index contributed by atoms with van der Waals surface area (Å²) in [6.07, 6.45) is 8.85. The molecule has 2 aromatic carbocycles. The van der Waals surface area contributed by atoms with Crippen LogP contribution in [0.3, 0.4) is 0 Å². The van der Waals surface area contributed by atoms with Crippen molar-refractivity contribution in [2.75, 3.05) is 0 Å². The normalized spacial score (nSPS) is 22.0. The zero-order valence-corrected chi connectivity index (χ0v) is 14.2. The Morgan fingerprint density at radius 3 is 2.04 bits per heavy atom. The minimum absolute atomic E-state index is 0.0237. The Balaban J connectivity index is 1.82. The van der Waals surface area contributed by atoms with E-state index in [1.807, 2.05) is 36.4 Å². The molecule has 0 unspecified atom stereocenters. The second kappa shape index (κ2) is 6.98. The van der Waals surface area contributed by atoms with Crippen molar-refractivity contribution in [1.29, 1.82) is 0 Å². The zero-order chi connectivity index (χ0) is 17.9. The Bertz CT molecular complexity index is 784. The van der Waals surface area contributed by atoms with E-state index < -0.39 is 11.4 Å². The van der Waals surface area contributed by atoms with E-state index in [1.165, 1.54) is 5.56 Å². The van der Waals surface area contributed by atoms with E-state index in [0.29, 0.717) is 6.42 Å². The largest absolute Gasteiger partial charge is 0.508 e. The van der Waals surface area contributed by atoms with Crippen LogP contribution in [0.4, 0.5) is 0 Å². The number of carbonyl (C=O) groups is 1. The van der Waals surface area contributed by atoms with E-state index in [2.05, 4.69) is 19.1 Å². The molecule has 0 spiro atoms. The van der Waals surface area contributed by atoms with Crippen molar-refractivity contribution in [2.45, 2.75) is 25.7 Å². The summed E-state index contributed by atoms with van der Waals surface area (Å²) in [5.41, 5.74) is 2.27. The summed E-state index contributed by atoms with van der Waals surface area (Å²) in [6.45, 7) is 2.10. The first kappa shape index (κ1) is 17.0. The van der Waals surface area contributed by atoms with Gasteiger partial charge in [0, 0.05) is 5.92 Å². The molecule has 0 aliphatic heterocycles. The van der Waals surface area contributed by atoms with Crippen molar-refractivity contribution in [3.63, 3.8) is 0 Å². The van der Waals surface area contributed by atoms with Crippen LogP contribution in [0.1, 0.15) is 29.5 Å². The summed E-state index contributed by atoms with van der Waals surface area (Å²) in [6, 6.07) is 15.1. The number of allylic oxidation sites excluding steroid dienone is 2. The Labute approximate surface area is 148 Å². The van der Waals surface area contributed by atoms with Crippen LogP contribution in [0, 0.1) is 5.41 Å². The van der Waals surface area contributed by atoms with Gasteiger partial charge in [-0.1, -0.05) is 67.6 Å². The molecular weight excluding hydrogens is 312 g/mol. The first-order valence-corrected chi connectivity index (χ1v) is 8.51. The number of carboxylic acid groups (broad SMARTS) is 1. The molecule has 3 nitrogen and oxygen atoms in total. The first-order valence-electron chi connectivity index (χ1n) is 8.51. The fourth-order valence-corrected chi connectivity index (χ4v) is 3.16. The van der Waals surface area contributed by atoms with Gasteiger partial charge in [0.1, 0.15) is 11.2 Å². The summed E-state index contributed by atoms with van der Waals surface area (Å²) in [7, 11) is 0. The van der Waals surface area contributed by atoms with Crippen LogP contribution in [0.15, 0.2) is 72.8 Å². The van der Waals surface area contributed by atoms with Crippen LogP contribution in [-0.2, 0) is 17.6 Å². The lowest BCUT2D eigenvalue weighted by atomic mass is 9.76. The molecule has 0 atom stereocenters. The van der Waals surface area contributed by atoms with Gasteiger partial charge in [-0.15, -0.1) is 0 Å². The Kier molecular flexibility index (Phi) is 4.75. The number of benzene rings is 2. The van der Waals surface area contributed by atoms with Crippen LogP contribution >= 0.6 is 0 Å². The summed E-state index contributed by atoms with van der Waals surface area (Å²) in [5, 5.41) is 19.2. The van der Waals surface area contributed by atoms with Crippen LogP contribution in [0.2, 0.25) is 0 Å². The number of aromatic hydroxyl groups is 1. The molecule has 1 aliphatic carbocycles. The molecule has 0 amide bonds. The number of hydrogen-bond acceptors (Lipinski definition) is 2. The maximum atomic E-state index is 12.0. The molecule has 1 aliphatic rings. The average Bonchev–Trinajstić information content (AvgIpc) is 2.63. The molecule has 2 aromatic rings. The topological polar surface area (TPSA) is 57.5 Å². The highest BCUT2D eigenvalue weighted by Gasteiger charge is 2.35. The van der Waals surface area contributed by atoms with Crippen molar-refractivity contribution < 1.29 is 15.0 Å². The second-order valence-corrected chi connectivity index (χ2v) is 6.53. The molecule has 2 N–H and O–H groups in total. The van der Waals surface area contributed by atoms with Crippen LogP contribution in [0.5, 0.6) is 5.75 Å². The number of aliphatic carboxylic acids is 1. The highest BCUT2D eigenvalue weighted by Crippen LogP contribution is 2.35. The van der Waals surface area contributed by atoms with Crippen LogP contribution in [0.25, 0.3) is 0 Å². The minimum atomic E-state index is -1.01.